The summed E-state index contributed by atoms with van der Waals surface area (Å²) in [6, 6.07) is 12.6. The average molecular weight is 619 g/mol. The molecule has 0 bridgehead atoms. The van der Waals surface area contributed by atoms with Crippen molar-refractivity contribution < 1.29 is 24.2 Å². The Morgan fingerprint density at radius 1 is 0.911 bits per heavy atom. The van der Waals surface area contributed by atoms with Crippen LogP contribution >= 0.6 is 0 Å². The number of para-hydroxylation sites is 1. The number of hydrogen-bond donors (Lipinski definition) is 4. The highest BCUT2D eigenvalue weighted by atomic mass is 16.6. The monoisotopic (exact) mass is 618 g/mol. The molecule has 242 valence electrons. The number of carbonyl (C=O) groups is 3. The van der Waals surface area contributed by atoms with E-state index in [0.29, 0.717) is 63.0 Å². The molecule has 2 aromatic rings. The summed E-state index contributed by atoms with van der Waals surface area (Å²) in [5.41, 5.74) is 8.85. The molecule has 0 aromatic heterocycles. The van der Waals surface area contributed by atoms with Gasteiger partial charge in [0.15, 0.2) is 6.10 Å². The number of nitrogens with one attached hydrogen (secondary N) is 2. The zero-order chi connectivity index (χ0) is 31.3. The minimum absolute atomic E-state index is 0.0157. The number of benzene rings is 2. The number of aromatic hydroxyl groups is 1. The Morgan fingerprint density at radius 2 is 1.60 bits per heavy atom. The molecule has 0 aliphatic carbocycles. The van der Waals surface area contributed by atoms with Gasteiger partial charge in [0.25, 0.3) is 5.91 Å². The molecule has 4 heterocycles. The number of nitrogens with zero attached hydrogens (tertiary/aromatic N) is 3. The van der Waals surface area contributed by atoms with Crippen molar-refractivity contribution in [1.29, 1.82) is 0 Å². The van der Waals surface area contributed by atoms with Gasteiger partial charge in [-0.2, -0.15) is 0 Å². The van der Waals surface area contributed by atoms with Gasteiger partial charge in [0.05, 0.1) is 5.69 Å². The Morgan fingerprint density at radius 3 is 2.33 bits per heavy atom. The molecular weight excluding hydrogens is 572 g/mol. The number of phenols is 1. The first kappa shape index (κ1) is 31.0. The van der Waals surface area contributed by atoms with Crippen molar-refractivity contribution in [3.63, 3.8) is 0 Å². The standard InChI is InChI=1S/C34H46N6O5/c35-28-21-23(5-6-30(28)41)22-31(32(42)38-16-9-25(10-17-38)24-7-14-36-15-8-24)45-34(44)39-18-12-27(13-19-39)40-20-11-26-3-1-2-4-29(26)37-33(40)43/h1-6,21,24-25,27,31,36,41H,7-20,22,35H2,(H,37,43)/t31-/m1/s1. The van der Waals surface area contributed by atoms with Crippen LogP contribution in [0.1, 0.15) is 49.7 Å². The van der Waals surface area contributed by atoms with Crippen LogP contribution in [-0.4, -0.2) is 95.8 Å². The fourth-order valence-electron chi connectivity index (χ4n) is 7.53. The van der Waals surface area contributed by atoms with Gasteiger partial charge >= 0.3 is 12.1 Å². The number of piperidine rings is 3. The van der Waals surface area contributed by atoms with Gasteiger partial charge in [0, 0.05) is 50.9 Å². The van der Waals surface area contributed by atoms with Gasteiger partial charge in [-0.3, -0.25) is 4.79 Å². The first-order chi connectivity index (χ1) is 21.9. The van der Waals surface area contributed by atoms with E-state index in [1.807, 2.05) is 34.1 Å². The van der Waals surface area contributed by atoms with E-state index >= 15 is 0 Å². The molecule has 11 nitrogen and oxygen atoms in total. The molecule has 45 heavy (non-hydrogen) atoms. The molecule has 5 N–H and O–H groups in total. The van der Waals surface area contributed by atoms with E-state index in [9.17, 15) is 19.5 Å². The number of likely N-dealkylation sites (tertiary alicyclic amines) is 2. The summed E-state index contributed by atoms with van der Waals surface area (Å²) in [4.78, 5) is 45.8. The van der Waals surface area contributed by atoms with Gasteiger partial charge in [-0.1, -0.05) is 24.3 Å². The molecule has 0 spiro atoms. The summed E-state index contributed by atoms with van der Waals surface area (Å²) in [5, 5.41) is 16.4. The minimum Gasteiger partial charge on any atom is -0.506 e. The summed E-state index contributed by atoms with van der Waals surface area (Å²) >= 11 is 0. The van der Waals surface area contributed by atoms with Crippen molar-refractivity contribution >= 4 is 29.4 Å². The molecule has 4 aliphatic heterocycles. The number of carbonyl (C=O) groups excluding carboxylic acids is 3. The molecule has 0 saturated carbocycles. The van der Waals surface area contributed by atoms with E-state index in [2.05, 4.69) is 10.6 Å². The molecule has 11 heteroatoms. The van der Waals surface area contributed by atoms with Gasteiger partial charge in [-0.15, -0.1) is 0 Å². The third kappa shape index (κ3) is 7.30. The van der Waals surface area contributed by atoms with E-state index in [4.69, 9.17) is 10.5 Å². The highest BCUT2D eigenvalue weighted by molar-refractivity contribution is 5.91. The van der Waals surface area contributed by atoms with Crippen molar-refractivity contribution in [2.45, 2.75) is 63.5 Å². The SMILES string of the molecule is Nc1cc(C[C@@H](OC(=O)N2CCC(N3CCc4ccccc4NC3=O)CC2)C(=O)N2CCC(C3CCNCC3)CC2)ccc1O. The van der Waals surface area contributed by atoms with E-state index in [1.165, 1.54) is 18.9 Å². The Hall–Kier alpha value is -3.99. The molecule has 4 aliphatic rings. The molecule has 0 unspecified atom stereocenters. The van der Waals surface area contributed by atoms with Gasteiger partial charge in [-0.25, -0.2) is 9.59 Å². The van der Waals surface area contributed by atoms with Crippen LogP contribution in [0.25, 0.3) is 0 Å². The van der Waals surface area contributed by atoms with Crippen LogP contribution in [0.15, 0.2) is 42.5 Å². The number of anilines is 2. The number of ether oxygens (including phenoxy) is 1. The van der Waals surface area contributed by atoms with Crippen molar-refractivity contribution in [1.82, 2.24) is 20.0 Å². The number of fused-ring (bicyclic) bond motifs is 1. The lowest BCUT2D eigenvalue weighted by Gasteiger charge is -2.39. The lowest BCUT2D eigenvalue weighted by Crippen LogP contribution is -2.52. The Kier molecular flexibility index (Phi) is 9.63. The van der Waals surface area contributed by atoms with Crippen molar-refractivity contribution in [3.05, 3.63) is 53.6 Å². The maximum Gasteiger partial charge on any atom is 0.410 e. The van der Waals surface area contributed by atoms with Crippen molar-refractivity contribution in [2.24, 2.45) is 11.8 Å². The summed E-state index contributed by atoms with van der Waals surface area (Å²) < 4.78 is 5.98. The maximum atomic E-state index is 13.9. The number of urea groups is 1. The molecule has 1 atom stereocenters. The second kappa shape index (κ2) is 14.0. The third-order valence-electron chi connectivity index (χ3n) is 10.2. The quantitative estimate of drug-likeness (QED) is 0.285. The van der Waals surface area contributed by atoms with Crippen LogP contribution in [0.4, 0.5) is 21.0 Å². The number of amides is 4. The number of nitrogen functional groups attached to an aromatic ring is 1. The number of rotatable bonds is 6. The number of phenolic OH excluding ortho intramolecular Hbond substituents is 1. The number of nitrogens with two attached hydrogens (primary N) is 1. The molecule has 4 amide bonds. The Balaban J connectivity index is 1.07. The molecule has 2 aromatic carbocycles. The largest absolute Gasteiger partial charge is 0.506 e. The summed E-state index contributed by atoms with van der Waals surface area (Å²) in [5.74, 6) is 1.12. The summed E-state index contributed by atoms with van der Waals surface area (Å²) in [6.07, 6.45) is 5.01. The lowest BCUT2D eigenvalue weighted by atomic mass is 9.79. The highest BCUT2D eigenvalue weighted by Crippen LogP contribution is 2.32. The zero-order valence-corrected chi connectivity index (χ0v) is 26.0. The third-order valence-corrected chi connectivity index (χ3v) is 10.2. The van der Waals surface area contributed by atoms with E-state index in [1.54, 1.807) is 17.0 Å². The summed E-state index contributed by atoms with van der Waals surface area (Å²) in [7, 11) is 0. The van der Waals surface area contributed by atoms with Crippen LogP contribution in [0.5, 0.6) is 5.75 Å². The Bertz CT molecular complexity index is 1360. The van der Waals surface area contributed by atoms with E-state index < -0.39 is 12.2 Å². The fourth-order valence-corrected chi connectivity index (χ4v) is 7.53. The molecular formula is C34H46N6O5. The van der Waals surface area contributed by atoms with Crippen LogP contribution in [0, 0.1) is 11.8 Å². The van der Waals surface area contributed by atoms with Gasteiger partial charge in [-0.05, 0) is 99.2 Å². The van der Waals surface area contributed by atoms with E-state index in [-0.39, 0.29) is 35.8 Å². The van der Waals surface area contributed by atoms with Gasteiger partial charge < -0.3 is 40.9 Å². The van der Waals surface area contributed by atoms with Crippen molar-refractivity contribution in [2.75, 3.05) is 56.9 Å². The second-order valence-electron chi connectivity index (χ2n) is 13.0. The predicted molar refractivity (Wildman–Crippen MR) is 172 cm³/mol. The normalized spacial score (nSPS) is 21.1. The van der Waals surface area contributed by atoms with Gasteiger partial charge in [0.2, 0.25) is 0 Å². The highest BCUT2D eigenvalue weighted by Gasteiger charge is 2.36. The molecule has 6 rings (SSSR count). The molecule has 3 fully saturated rings. The first-order valence-electron chi connectivity index (χ1n) is 16.5. The Labute approximate surface area is 265 Å². The molecule has 3 saturated heterocycles. The topological polar surface area (TPSA) is 140 Å². The van der Waals surface area contributed by atoms with Crippen molar-refractivity contribution in [3.8, 4) is 5.75 Å². The fraction of sp³-hybridized carbons (Fsp3) is 0.559. The zero-order valence-electron chi connectivity index (χ0n) is 26.0. The maximum absolute atomic E-state index is 13.9. The van der Waals surface area contributed by atoms with Crippen LogP contribution in [0.3, 0.4) is 0 Å². The smallest absolute Gasteiger partial charge is 0.410 e. The number of hydrogen-bond acceptors (Lipinski definition) is 7. The van der Waals surface area contributed by atoms with Crippen LogP contribution in [-0.2, 0) is 22.4 Å². The molecule has 0 radical (unpaired) electrons. The van der Waals surface area contributed by atoms with Crippen LogP contribution < -0.4 is 16.4 Å². The first-order valence-corrected chi connectivity index (χ1v) is 16.5. The second-order valence-corrected chi connectivity index (χ2v) is 13.0. The average Bonchev–Trinajstić information content (AvgIpc) is 3.24. The summed E-state index contributed by atoms with van der Waals surface area (Å²) in [6.45, 7) is 4.95. The van der Waals surface area contributed by atoms with Gasteiger partial charge in [0.1, 0.15) is 5.75 Å². The van der Waals surface area contributed by atoms with Crippen LogP contribution in [0.2, 0.25) is 0 Å². The predicted octanol–water partition coefficient (Wildman–Crippen LogP) is 3.81. The minimum atomic E-state index is -0.996. The van der Waals surface area contributed by atoms with E-state index in [0.717, 1.165) is 43.6 Å². The lowest BCUT2D eigenvalue weighted by molar-refractivity contribution is -0.142.